The van der Waals surface area contributed by atoms with Crippen LogP contribution in [0.5, 0.6) is 0 Å². The van der Waals surface area contributed by atoms with Gasteiger partial charge in [-0.05, 0) is 55.2 Å². The van der Waals surface area contributed by atoms with Crippen molar-refractivity contribution in [2.45, 2.75) is 233 Å². The second-order valence-electron chi connectivity index (χ2n) is 14.0. The van der Waals surface area contributed by atoms with E-state index in [1.165, 1.54) is 212 Å². The van der Waals surface area contributed by atoms with Gasteiger partial charge in [-0.25, -0.2) is 0 Å². The van der Waals surface area contributed by atoms with Gasteiger partial charge in [-0.2, -0.15) is 0 Å². The van der Waals surface area contributed by atoms with Gasteiger partial charge in [0, 0.05) is 0 Å². The molecule has 0 heteroatoms. The first-order valence-electron chi connectivity index (χ1n) is 19.9. The van der Waals surface area contributed by atoms with Crippen molar-refractivity contribution in [3.05, 3.63) is 34.9 Å². The zero-order chi connectivity index (χ0) is 30.2. The van der Waals surface area contributed by atoms with Gasteiger partial charge >= 0.3 is 0 Å². The summed E-state index contributed by atoms with van der Waals surface area (Å²) < 4.78 is 0. The fourth-order valence-electron chi connectivity index (χ4n) is 6.72. The monoisotopic (exact) mass is 583 g/mol. The Morgan fingerprint density at radius 1 is 0.238 bits per heavy atom. The van der Waals surface area contributed by atoms with E-state index in [1.807, 2.05) is 0 Å². The van der Waals surface area contributed by atoms with Crippen molar-refractivity contribution in [3.63, 3.8) is 0 Å². The molecule has 0 aliphatic rings. The van der Waals surface area contributed by atoms with Crippen LogP contribution in [0.2, 0.25) is 0 Å². The lowest BCUT2D eigenvalue weighted by molar-refractivity contribution is 0.554. The summed E-state index contributed by atoms with van der Waals surface area (Å²) in [6, 6.07) is 7.76. The Hall–Kier alpha value is -0.780. The molecule has 0 aliphatic heterocycles. The lowest BCUT2D eigenvalue weighted by atomic mass is 9.95. The molecule has 1 aromatic carbocycles. The summed E-state index contributed by atoms with van der Waals surface area (Å²) in [6.45, 7) is 6.94. The summed E-state index contributed by atoms with van der Waals surface area (Å²) in [5.41, 5.74) is 4.92. The molecule has 246 valence electrons. The summed E-state index contributed by atoms with van der Waals surface area (Å²) in [4.78, 5) is 0. The molecule has 0 heterocycles. The molecule has 0 fully saturated rings. The standard InChI is InChI=1S/C42H78/c1-4-7-10-13-16-19-22-25-28-31-34-40-37-41(35-32-29-26-23-20-17-14-11-8-5-2)39-42(38-40)36-33-30-27-24-21-18-15-12-9-6-3/h37-39H,4-36H2,1-3H3. The first kappa shape index (κ1) is 39.2. The average molecular weight is 583 g/mol. The Kier molecular flexibility index (Phi) is 29.6. The van der Waals surface area contributed by atoms with Crippen molar-refractivity contribution in [3.8, 4) is 0 Å². The molecule has 1 rings (SSSR count). The van der Waals surface area contributed by atoms with Crippen LogP contribution >= 0.6 is 0 Å². The molecule has 0 N–H and O–H groups in total. The largest absolute Gasteiger partial charge is 0.0654 e. The fourth-order valence-corrected chi connectivity index (χ4v) is 6.72. The summed E-state index contributed by atoms with van der Waals surface area (Å²) in [5, 5.41) is 0. The number of hydrogen-bond acceptors (Lipinski definition) is 0. The summed E-state index contributed by atoms with van der Waals surface area (Å²) in [7, 11) is 0. The van der Waals surface area contributed by atoms with Gasteiger partial charge in [0.15, 0.2) is 0 Å². The number of aryl methyl sites for hydroxylation is 3. The maximum Gasteiger partial charge on any atom is -0.0279 e. The van der Waals surface area contributed by atoms with Gasteiger partial charge in [-0.1, -0.05) is 212 Å². The molecule has 42 heavy (non-hydrogen) atoms. The van der Waals surface area contributed by atoms with Crippen LogP contribution in [0.4, 0.5) is 0 Å². The van der Waals surface area contributed by atoms with Crippen molar-refractivity contribution in [2.24, 2.45) is 0 Å². The molecular weight excluding hydrogens is 504 g/mol. The predicted octanol–water partition coefficient (Wildman–Crippen LogP) is 15.1. The molecule has 0 bridgehead atoms. The van der Waals surface area contributed by atoms with Gasteiger partial charge in [0.05, 0.1) is 0 Å². The maximum atomic E-state index is 2.59. The zero-order valence-electron chi connectivity index (χ0n) is 29.6. The molecule has 0 unspecified atom stereocenters. The Morgan fingerprint density at radius 2 is 0.405 bits per heavy atom. The van der Waals surface area contributed by atoms with Crippen molar-refractivity contribution in [1.29, 1.82) is 0 Å². The minimum Gasteiger partial charge on any atom is -0.0654 e. The highest BCUT2D eigenvalue weighted by Gasteiger charge is 2.04. The predicted molar refractivity (Wildman–Crippen MR) is 193 cm³/mol. The van der Waals surface area contributed by atoms with E-state index >= 15 is 0 Å². The van der Waals surface area contributed by atoms with Crippen molar-refractivity contribution in [1.82, 2.24) is 0 Å². The van der Waals surface area contributed by atoms with Crippen LogP contribution in [0.3, 0.4) is 0 Å². The van der Waals surface area contributed by atoms with Crippen LogP contribution in [-0.4, -0.2) is 0 Å². The van der Waals surface area contributed by atoms with E-state index in [4.69, 9.17) is 0 Å². The maximum absolute atomic E-state index is 2.59. The zero-order valence-corrected chi connectivity index (χ0v) is 29.6. The van der Waals surface area contributed by atoms with Gasteiger partial charge in [0.1, 0.15) is 0 Å². The minimum absolute atomic E-state index is 1.30. The van der Waals surface area contributed by atoms with Crippen molar-refractivity contribution >= 4 is 0 Å². The van der Waals surface area contributed by atoms with E-state index in [2.05, 4.69) is 39.0 Å². The first-order chi connectivity index (χ1) is 20.8. The van der Waals surface area contributed by atoms with E-state index in [0.717, 1.165) is 0 Å². The third-order valence-corrected chi connectivity index (χ3v) is 9.57. The smallest absolute Gasteiger partial charge is 0.0279 e. The highest BCUT2D eigenvalue weighted by atomic mass is 14.1. The average Bonchev–Trinajstić information content (AvgIpc) is 3.00. The van der Waals surface area contributed by atoms with Gasteiger partial charge in [0.2, 0.25) is 0 Å². The van der Waals surface area contributed by atoms with Crippen LogP contribution in [-0.2, 0) is 19.3 Å². The number of rotatable bonds is 33. The highest BCUT2D eigenvalue weighted by Crippen LogP contribution is 2.20. The Labute approximate surface area is 267 Å². The quantitative estimate of drug-likeness (QED) is 0.0723. The summed E-state index contributed by atoms with van der Waals surface area (Å²) >= 11 is 0. The first-order valence-corrected chi connectivity index (χ1v) is 19.9. The second-order valence-corrected chi connectivity index (χ2v) is 14.0. The molecule has 0 spiro atoms. The topological polar surface area (TPSA) is 0 Å². The van der Waals surface area contributed by atoms with E-state index in [9.17, 15) is 0 Å². The minimum atomic E-state index is 1.30. The normalized spacial score (nSPS) is 11.5. The number of benzene rings is 1. The molecule has 0 aromatic heterocycles. The van der Waals surface area contributed by atoms with Gasteiger partial charge in [0.25, 0.3) is 0 Å². The summed E-state index contributed by atoms with van der Waals surface area (Å²) in [5.74, 6) is 0. The van der Waals surface area contributed by atoms with Crippen LogP contribution in [0.25, 0.3) is 0 Å². The molecule has 0 saturated heterocycles. The molecule has 0 atom stereocenters. The van der Waals surface area contributed by atoms with Gasteiger partial charge in [-0.15, -0.1) is 0 Å². The van der Waals surface area contributed by atoms with Crippen LogP contribution in [0, 0.1) is 0 Å². The van der Waals surface area contributed by atoms with Crippen molar-refractivity contribution < 1.29 is 0 Å². The Bertz CT molecular complexity index is 555. The van der Waals surface area contributed by atoms with Crippen LogP contribution in [0.1, 0.15) is 230 Å². The van der Waals surface area contributed by atoms with Crippen molar-refractivity contribution in [2.75, 3.05) is 0 Å². The Balaban J connectivity index is 2.35. The molecule has 1 aromatic rings. The molecular formula is C42H78. The second kappa shape index (κ2) is 31.6. The highest BCUT2D eigenvalue weighted by molar-refractivity contribution is 5.30. The lowest BCUT2D eigenvalue weighted by Crippen LogP contribution is -1.96. The number of unbranched alkanes of at least 4 members (excludes halogenated alkanes) is 27. The SMILES string of the molecule is CCCCCCCCCCCCc1cc(CCCCCCCCCCCC)cc(CCCCCCCCCCCC)c1. The van der Waals surface area contributed by atoms with Crippen LogP contribution < -0.4 is 0 Å². The van der Waals surface area contributed by atoms with Gasteiger partial charge < -0.3 is 0 Å². The van der Waals surface area contributed by atoms with E-state index in [-0.39, 0.29) is 0 Å². The molecule has 0 radical (unpaired) electrons. The third-order valence-electron chi connectivity index (χ3n) is 9.57. The van der Waals surface area contributed by atoms with Gasteiger partial charge in [-0.3, -0.25) is 0 Å². The molecule has 0 aliphatic carbocycles. The third kappa shape index (κ3) is 25.7. The fraction of sp³-hybridized carbons (Fsp3) is 0.857. The van der Waals surface area contributed by atoms with E-state index < -0.39 is 0 Å². The number of hydrogen-bond donors (Lipinski definition) is 0. The van der Waals surface area contributed by atoms with E-state index in [0.29, 0.717) is 0 Å². The van der Waals surface area contributed by atoms with Crippen LogP contribution in [0.15, 0.2) is 18.2 Å². The summed E-state index contributed by atoms with van der Waals surface area (Å²) in [6.07, 6.45) is 46.9. The lowest BCUT2D eigenvalue weighted by Gasteiger charge is -2.11. The molecule has 0 nitrogen and oxygen atoms in total. The molecule has 0 saturated carbocycles. The molecule has 0 amide bonds. The Morgan fingerprint density at radius 3 is 0.595 bits per heavy atom. The van der Waals surface area contributed by atoms with E-state index in [1.54, 1.807) is 16.7 Å².